The van der Waals surface area contributed by atoms with E-state index in [0.29, 0.717) is 0 Å². The van der Waals surface area contributed by atoms with Crippen molar-refractivity contribution in [3.63, 3.8) is 0 Å². The van der Waals surface area contributed by atoms with Crippen molar-refractivity contribution in [3.8, 4) is 5.75 Å². The van der Waals surface area contributed by atoms with Gasteiger partial charge in [0.05, 0.1) is 7.11 Å². The maximum Gasteiger partial charge on any atom is 0.119 e. The van der Waals surface area contributed by atoms with Crippen molar-refractivity contribution < 1.29 is 4.74 Å². The van der Waals surface area contributed by atoms with E-state index in [2.05, 4.69) is 132 Å². The van der Waals surface area contributed by atoms with Crippen molar-refractivity contribution >= 4 is 50.8 Å². The summed E-state index contributed by atoms with van der Waals surface area (Å²) in [5.74, 6) is 0.846. The molecule has 6 aromatic carbocycles. The zero-order valence-corrected chi connectivity index (χ0v) is 20.7. The third kappa shape index (κ3) is 4.70. The third-order valence-corrected chi connectivity index (χ3v) is 6.74. The number of fused-ring (bicyclic) bond motifs is 3. The van der Waals surface area contributed by atoms with Gasteiger partial charge in [0.15, 0.2) is 0 Å². The molecule has 0 saturated carbocycles. The molecule has 6 aromatic rings. The molecule has 2 heteroatoms. The van der Waals surface area contributed by atoms with Crippen LogP contribution >= 0.6 is 0 Å². The maximum atomic E-state index is 5.36. The van der Waals surface area contributed by atoms with Crippen LogP contribution in [0.5, 0.6) is 5.75 Å². The second kappa shape index (κ2) is 10.0. The molecule has 0 amide bonds. The Balaban J connectivity index is 1.30. The minimum Gasteiger partial charge on any atom is -0.497 e. The molecule has 0 aliphatic heterocycles. The molecule has 0 spiro atoms. The van der Waals surface area contributed by atoms with Crippen molar-refractivity contribution in [3.05, 3.63) is 145 Å². The summed E-state index contributed by atoms with van der Waals surface area (Å²) >= 11 is 0. The van der Waals surface area contributed by atoms with Crippen molar-refractivity contribution in [2.45, 2.75) is 0 Å². The highest BCUT2D eigenvalue weighted by molar-refractivity contribution is 6.08. The number of rotatable bonds is 6. The highest BCUT2D eigenvalue weighted by atomic mass is 16.5. The molecule has 0 heterocycles. The van der Waals surface area contributed by atoms with E-state index in [1.165, 1.54) is 27.1 Å². The van der Waals surface area contributed by atoms with Gasteiger partial charge in [-0.1, -0.05) is 91.0 Å². The largest absolute Gasteiger partial charge is 0.497 e. The van der Waals surface area contributed by atoms with E-state index in [1.54, 1.807) is 7.11 Å². The molecule has 6 rings (SSSR count). The number of benzene rings is 6. The summed E-state index contributed by atoms with van der Waals surface area (Å²) < 4.78 is 5.36. The Hall–Kier alpha value is -4.82. The van der Waals surface area contributed by atoms with Crippen molar-refractivity contribution in [1.29, 1.82) is 0 Å². The van der Waals surface area contributed by atoms with Crippen LogP contribution in [0.3, 0.4) is 0 Å². The molecule has 0 unspecified atom stereocenters. The highest BCUT2D eigenvalue weighted by Gasteiger charge is 2.12. The topological polar surface area (TPSA) is 12.5 Å². The molecule has 0 N–H and O–H groups in total. The molecule has 178 valence electrons. The van der Waals surface area contributed by atoms with E-state index in [4.69, 9.17) is 4.74 Å². The molecule has 37 heavy (non-hydrogen) atoms. The van der Waals surface area contributed by atoms with Gasteiger partial charge in [-0.3, -0.25) is 0 Å². The fraction of sp³-hybridized carbons (Fsp3) is 0.0286. The first-order chi connectivity index (χ1) is 18.3. The molecule has 0 aliphatic rings. The molecular formula is C35H27NO. The summed E-state index contributed by atoms with van der Waals surface area (Å²) in [5, 5.41) is 5.11. The first-order valence-electron chi connectivity index (χ1n) is 12.5. The summed E-state index contributed by atoms with van der Waals surface area (Å²) in [6.45, 7) is 0. The van der Waals surface area contributed by atoms with Crippen LogP contribution in [-0.4, -0.2) is 7.11 Å². The van der Waals surface area contributed by atoms with Crippen LogP contribution in [0.15, 0.2) is 133 Å². The average Bonchev–Trinajstić information content (AvgIpc) is 2.97. The first kappa shape index (κ1) is 22.6. The predicted molar refractivity (Wildman–Crippen MR) is 158 cm³/mol. The van der Waals surface area contributed by atoms with Gasteiger partial charge < -0.3 is 9.64 Å². The lowest BCUT2D eigenvalue weighted by Gasteiger charge is -2.25. The second-order valence-electron chi connectivity index (χ2n) is 9.06. The zero-order chi connectivity index (χ0) is 25.0. The Labute approximate surface area is 217 Å². The van der Waals surface area contributed by atoms with Gasteiger partial charge in [-0.15, -0.1) is 0 Å². The summed E-state index contributed by atoms with van der Waals surface area (Å²) in [7, 11) is 1.69. The number of hydrogen-bond donors (Lipinski definition) is 0. The van der Waals surface area contributed by atoms with Crippen LogP contribution in [0.4, 0.5) is 17.1 Å². The maximum absolute atomic E-state index is 5.36. The van der Waals surface area contributed by atoms with Crippen LogP contribution in [0.1, 0.15) is 11.1 Å². The van der Waals surface area contributed by atoms with Crippen LogP contribution < -0.4 is 9.64 Å². The Morgan fingerprint density at radius 3 is 1.76 bits per heavy atom. The van der Waals surface area contributed by atoms with E-state index in [9.17, 15) is 0 Å². The molecule has 0 saturated heterocycles. The van der Waals surface area contributed by atoms with E-state index < -0.39 is 0 Å². The third-order valence-electron chi connectivity index (χ3n) is 6.74. The second-order valence-corrected chi connectivity index (χ2v) is 9.06. The highest BCUT2D eigenvalue weighted by Crippen LogP contribution is 2.35. The lowest BCUT2D eigenvalue weighted by Crippen LogP contribution is -2.09. The SMILES string of the molecule is COc1ccc(N(c2ccccc2)c2ccc(/C=C\c3ccc4ccc5ccccc5c4c3)cc2)cc1. The van der Waals surface area contributed by atoms with Gasteiger partial charge in [0.25, 0.3) is 0 Å². The Bertz CT molecular complexity index is 1680. The Kier molecular flexibility index (Phi) is 6.14. The lowest BCUT2D eigenvalue weighted by molar-refractivity contribution is 0.415. The summed E-state index contributed by atoms with van der Waals surface area (Å²) in [4.78, 5) is 2.25. The smallest absolute Gasteiger partial charge is 0.119 e. The zero-order valence-electron chi connectivity index (χ0n) is 20.7. The molecule has 0 aromatic heterocycles. The van der Waals surface area contributed by atoms with Gasteiger partial charge >= 0.3 is 0 Å². The Morgan fingerprint density at radius 2 is 1.03 bits per heavy atom. The van der Waals surface area contributed by atoms with Crippen LogP contribution in [0.2, 0.25) is 0 Å². The number of methoxy groups -OCH3 is 1. The number of hydrogen-bond acceptors (Lipinski definition) is 2. The van der Waals surface area contributed by atoms with Crippen LogP contribution in [0, 0.1) is 0 Å². The van der Waals surface area contributed by atoms with E-state index in [1.807, 2.05) is 18.2 Å². The van der Waals surface area contributed by atoms with Crippen molar-refractivity contribution in [2.24, 2.45) is 0 Å². The molecule has 2 nitrogen and oxygen atoms in total. The lowest BCUT2D eigenvalue weighted by atomic mass is 9.99. The van der Waals surface area contributed by atoms with Crippen LogP contribution in [-0.2, 0) is 0 Å². The van der Waals surface area contributed by atoms with Gasteiger partial charge in [0.2, 0.25) is 0 Å². The van der Waals surface area contributed by atoms with Crippen molar-refractivity contribution in [1.82, 2.24) is 0 Å². The van der Waals surface area contributed by atoms with E-state index >= 15 is 0 Å². The first-order valence-corrected chi connectivity index (χ1v) is 12.5. The Morgan fingerprint density at radius 1 is 0.486 bits per heavy atom. The van der Waals surface area contributed by atoms with Gasteiger partial charge in [0.1, 0.15) is 5.75 Å². The number of anilines is 3. The van der Waals surface area contributed by atoms with Crippen molar-refractivity contribution in [2.75, 3.05) is 12.0 Å². The number of ether oxygens (including phenoxy) is 1. The van der Waals surface area contributed by atoms with Gasteiger partial charge in [-0.25, -0.2) is 0 Å². The predicted octanol–water partition coefficient (Wildman–Crippen LogP) is 9.64. The fourth-order valence-corrected chi connectivity index (χ4v) is 4.81. The molecule has 0 atom stereocenters. The molecule has 0 bridgehead atoms. The van der Waals surface area contributed by atoms with Gasteiger partial charge in [-0.2, -0.15) is 0 Å². The molecule has 0 aliphatic carbocycles. The normalized spacial score (nSPS) is 11.3. The fourth-order valence-electron chi connectivity index (χ4n) is 4.81. The number of para-hydroxylation sites is 1. The van der Waals surface area contributed by atoms with Crippen LogP contribution in [0.25, 0.3) is 33.7 Å². The molecule has 0 fully saturated rings. The van der Waals surface area contributed by atoms with Gasteiger partial charge in [0, 0.05) is 17.1 Å². The quantitative estimate of drug-likeness (QED) is 0.175. The summed E-state index contributed by atoms with van der Waals surface area (Å²) in [6.07, 6.45) is 4.37. The monoisotopic (exact) mass is 477 g/mol. The van der Waals surface area contributed by atoms with E-state index in [-0.39, 0.29) is 0 Å². The summed E-state index contributed by atoms with van der Waals surface area (Å²) in [5.41, 5.74) is 5.64. The summed E-state index contributed by atoms with van der Waals surface area (Å²) in [6, 6.07) is 46.9. The molecule has 0 radical (unpaired) electrons. The minimum absolute atomic E-state index is 0.846. The van der Waals surface area contributed by atoms with Gasteiger partial charge in [-0.05, 0) is 87.3 Å². The molecular weight excluding hydrogens is 450 g/mol. The standard InChI is InChI=1S/C35H27NO/c1-37-33-23-21-32(22-24-33)36(30-8-3-2-4-9-30)31-19-14-26(15-20-31)11-12-27-13-16-29-18-17-28-7-5-6-10-34(28)35(29)25-27/h2-25H,1H3/b12-11-. The number of nitrogens with zero attached hydrogens (tertiary/aromatic N) is 1. The van der Waals surface area contributed by atoms with E-state index in [0.717, 1.165) is 28.4 Å². The average molecular weight is 478 g/mol. The minimum atomic E-state index is 0.846.